The van der Waals surface area contributed by atoms with Gasteiger partial charge < -0.3 is 4.74 Å². The van der Waals surface area contributed by atoms with Crippen molar-refractivity contribution in [1.29, 1.82) is 0 Å². The summed E-state index contributed by atoms with van der Waals surface area (Å²) < 4.78 is 20.8. The van der Waals surface area contributed by atoms with E-state index in [0.717, 1.165) is 5.56 Å². The maximum Gasteiger partial charge on any atom is 0.0998 e. The highest BCUT2D eigenvalue weighted by Gasteiger charge is 2.22. The molecule has 21 heavy (non-hydrogen) atoms. The third-order valence-corrected chi connectivity index (χ3v) is 4.22. The molecule has 0 fully saturated rings. The van der Waals surface area contributed by atoms with Crippen LogP contribution in [-0.2, 0) is 15.7 Å². The molecule has 0 aliphatic carbocycles. The molecular formula is C17H27NO2S. The molecule has 0 amide bonds. The molecule has 2 atom stereocenters. The third kappa shape index (κ3) is 6.91. The number of ether oxygens (including phenoxy) is 1. The number of hydrogen-bond acceptors (Lipinski definition) is 2. The van der Waals surface area contributed by atoms with Crippen molar-refractivity contribution >= 4 is 11.0 Å². The van der Waals surface area contributed by atoms with E-state index in [4.69, 9.17) is 4.74 Å². The molecule has 0 bridgehead atoms. The number of rotatable bonds is 5. The van der Waals surface area contributed by atoms with Gasteiger partial charge in [-0.3, -0.25) is 0 Å². The largest absolute Gasteiger partial charge is 0.496 e. The van der Waals surface area contributed by atoms with Gasteiger partial charge in [0, 0.05) is 0 Å². The van der Waals surface area contributed by atoms with Gasteiger partial charge in [-0.25, -0.2) is 8.93 Å². The molecule has 0 aliphatic heterocycles. The first kappa shape index (κ1) is 17.9. The van der Waals surface area contributed by atoms with Crippen molar-refractivity contribution < 1.29 is 8.95 Å². The highest BCUT2D eigenvalue weighted by molar-refractivity contribution is 7.84. The molecule has 0 unspecified atom stereocenters. The van der Waals surface area contributed by atoms with Gasteiger partial charge in [0.1, 0.15) is 0 Å². The van der Waals surface area contributed by atoms with E-state index in [1.54, 1.807) is 6.26 Å². The Hall–Kier alpha value is -1.13. The predicted molar refractivity (Wildman–Crippen MR) is 90.2 cm³/mol. The molecule has 4 heteroatoms. The summed E-state index contributed by atoms with van der Waals surface area (Å²) in [5.74, 6) is 0. The predicted octanol–water partition coefficient (Wildman–Crippen LogP) is 4.11. The molecule has 1 aromatic carbocycles. The van der Waals surface area contributed by atoms with Gasteiger partial charge in [-0.05, 0) is 53.2 Å². The SMILES string of the molecule is CC(C)(C)O/C=C\[C@H](N[S@@](=O)C(C)(C)C)c1ccccc1. The van der Waals surface area contributed by atoms with Gasteiger partial charge in [0.25, 0.3) is 0 Å². The van der Waals surface area contributed by atoms with Crippen LogP contribution in [0, 0.1) is 0 Å². The molecule has 3 nitrogen and oxygen atoms in total. The summed E-state index contributed by atoms with van der Waals surface area (Å²) in [5.41, 5.74) is 0.824. The summed E-state index contributed by atoms with van der Waals surface area (Å²) >= 11 is 0. The zero-order chi connectivity index (χ0) is 16.1. The van der Waals surface area contributed by atoms with Crippen LogP contribution >= 0.6 is 0 Å². The Labute approximate surface area is 131 Å². The lowest BCUT2D eigenvalue weighted by atomic mass is 10.1. The first-order valence-corrected chi connectivity index (χ1v) is 8.32. The minimum atomic E-state index is -1.15. The first-order chi connectivity index (χ1) is 9.59. The molecule has 1 N–H and O–H groups in total. The van der Waals surface area contributed by atoms with Gasteiger partial charge in [0.05, 0.1) is 33.6 Å². The van der Waals surface area contributed by atoms with E-state index < -0.39 is 11.0 Å². The average Bonchev–Trinajstić information content (AvgIpc) is 2.36. The van der Waals surface area contributed by atoms with Crippen LogP contribution in [0.15, 0.2) is 42.7 Å². The lowest BCUT2D eigenvalue weighted by Gasteiger charge is -2.23. The molecule has 0 heterocycles. The van der Waals surface area contributed by atoms with E-state index in [0.29, 0.717) is 0 Å². The molecule has 0 aliphatic rings. The molecule has 0 radical (unpaired) electrons. The number of hydrogen-bond donors (Lipinski definition) is 1. The summed E-state index contributed by atoms with van der Waals surface area (Å²) in [7, 11) is -1.15. The zero-order valence-electron chi connectivity index (χ0n) is 13.8. The summed E-state index contributed by atoms with van der Waals surface area (Å²) in [6, 6.07) is 9.80. The molecule has 0 aromatic heterocycles. The van der Waals surface area contributed by atoms with Crippen LogP contribution in [0.1, 0.15) is 53.1 Å². The van der Waals surface area contributed by atoms with Crippen molar-refractivity contribution in [3.8, 4) is 0 Å². The standard InChI is InChI=1S/C17H27NO2S/c1-16(2,3)20-13-12-15(14-10-8-7-9-11-14)18-21(19)17(4,5)6/h7-13,15,18H,1-6H3/b13-12-/t15-,21-/m0/s1. The summed E-state index contributed by atoms with van der Waals surface area (Å²) in [4.78, 5) is 0. The first-order valence-electron chi connectivity index (χ1n) is 7.17. The van der Waals surface area contributed by atoms with E-state index in [1.165, 1.54) is 0 Å². The Morgan fingerprint density at radius 2 is 1.67 bits per heavy atom. The monoisotopic (exact) mass is 309 g/mol. The maximum absolute atomic E-state index is 12.3. The van der Waals surface area contributed by atoms with Crippen molar-refractivity contribution in [2.45, 2.75) is 57.9 Å². The van der Waals surface area contributed by atoms with Crippen LogP contribution in [0.2, 0.25) is 0 Å². The normalized spacial score (nSPS) is 15.9. The zero-order valence-corrected chi connectivity index (χ0v) is 14.7. The van der Waals surface area contributed by atoms with Crippen LogP contribution in [0.5, 0.6) is 0 Å². The Balaban J connectivity index is 2.89. The molecule has 0 saturated heterocycles. The maximum atomic E-state index is 12.3. The second-order valence-corrected chi connectivity index (χ2v) is 8.94. The van der Waals surface area contributed by atoms with Crippen molar-refractivity contribution in [3.63, 3.8) is 0 Å². The van der Waals surface area contributed by atoms with Gasteiger partial charge >= 0.3 is 0 Å². The van der Waals surface area contributed by atoms with Crippen LogP contribution in [0.25, 0.3) is 0 Å². The second kappa shape index (κ2) is 7.23. The van der Waals surface area contributed by atoms with Gasteiger partial charge in [0.15, 0.2) is 0 Å². The highest BCUT2D eigenvalue weighted by Crippen LogP contribution is 2.19. The molecule has 1 rings (SSSR count). The molecule has 0 saturated carbocycles. The minimum absolute atomic E-state index is 0.145. The third-order valence-electron chi connectivity index (χ3n) is 2.64. The van der Waals surface area contributed by atoms with Crippen LogP contribution in [0.3, 0.4) is 0 Å². The van der Waals surface area contributed by atoms with Crippen molar-refractivity contribution in [2.24, 2.45) is 0 Å². The lowest BCUT2D eigenvalue weighted by Crippen LogP contribution is -2.35. The number of benzene rings is 1. The van der Waals surface area contributed by atoms with E-state index in [2.05, 4.69) is 4.72 Å². The Kier molecular flexibility index (Phi) is 6.17. The quantitative estimate of drug-likeness (QED) is 0.831. The molecule has 0 spiro atoms. The average molecular weight is 309 g/mol. The second-order valence-electron chi connectivity index (χ2n) is 6.95. The van der Waals surface area contributed by atoms with Crippen molar-refractivity contribution in [1.82, 2.24) is 4.72 Å². The number of nitrogens with one attached hydrogen (secondary N) is 1. The fourth-order valence-corrected chi connectivity index (χ4v) is 2.29. The van der Waals surface area contributed by atoms with Crippen LogP contribution in [-0.4, -0.2) is 14.6 Å². The van der Waals surface area contributed by atoms with E-state index in [-0.39, 0.29) is 16.4 Å². The topological polar surface area (TPSA) is 38.3 Å². The van der Waals surface area contributed by atoms with Gasteiger partial charge in [0.2, 0.25) is 0 Å². The molecule has 118 valence electrons. The summed E-state index contributed by atoms with van der Waals surface area (Å²) in [6.45, 7) is 11.8. The smallest absolute Gasteiger partial charge is 0.0998 e. The van der Waals surface area contributed by atoms with Crippen molar-refractivity contribution in [2.75, 3.05) is 0 Å². The van der Waals surface area contributed by atoms with Crippen molar-refractivity contribution in [3.05, 3.63) is 48.2 Å². The minimum Gasteiger partial charge on any atom is -0.496 e. The Bertz CT molecular complexity index is 484. The van der Waals surface area contributed by atoms with E-state index >= 15 is 0 Å². The van der Waals surface area contributed by atoms with E-state index in [1.807, 2.05) is 78.0 Å². The van der Waals surface area contributed by atoms with Gasteiger partial charge in [-0.2, -0.15) is 0 Å². The molecular weight excluding hydrogens is 282 g/mol. The van der Waals surface area contributed by atoms with Crippen LogP contribution in [0.4, 0.5) is 0 Å². The summed E-state index contributed by atoms with van der Waals surface area (Å²) in [5, 5.41) is 0. The van der Waals surface area contributed by atoms with E-state index in [9.17, 15) is 4.21 Å². The summed E-state index contributed by atoms with van der Waals surface area (Å²) in [6.07, 6.45) is 3.59. The fourth-order valence-electron chi connectivity index (χ4n) is 1.49. The molecule has 1 aromatic rings. The highest BCUT2D eigenvalue weighted by atomic mass is 32.2. The lowest BCUT2D eigenvalue weighted by molar-refractivity contribution is 0.0759. The Morgan fingerprint density at radius 3 is 2.14 bits per heavy atom. The Morgan fingerprint density at radius 1 is 1.10 bits per heavy atom. The van der Waals surface area contributed by atoms with Gasteiger partial charge in [-0.15, -0.1) is 0 Å². The van der Waals surface area contributed by atoms with Crippen LogP contribution < -0.4 is 4.72 Å². The fraction of sp³-hybridized carbons (Fsp3) is 0.529. The van der Waals surface area contributed by atoms with Gasteiger partial charge in [-0.1, -0.05) is 30.3 Å².